The zero-order valence-corrected chi connectivity index (χ0v) is 16.4. The van der Waals surface area contributed by atoms with Crippen molar-refractivity contribution in [1.82, 2.24) is 9.21 Å². The summed E-state index contributed by atoms with van der Waals surface area (Å²) in [6, 6.07) is 3.07. The lowest BCUT2D eigenvalue weighted by Crippen LogP contribution is -2.51. The molecule has 0 aromatic carbocycles. The molecule has 0 radical (unpaired) electrons. The van der Waals surface area contributed by atoms with E-state index in [1.54, 1.807) is 11.0 Å². The van der Waals surface area contributed by atoms with Crippen LogP contribution < -0.4 is 5.73 Å². The molecule has 7 nitrogen and oxygen atoms in total. The number of methoxy groups -OCH3 is 1. The Labute approximate surface area is 157 Å². The number of piperazine rings is 1. The predicted octanol–water partition coefficient (Wildman–Crippen LogP) is 1.02. The number of thiophene rings is 1. The third-order valence-corrected chi connectivity index (χ3v) is 7.33. The van der Waals surface area contributed by atoms with Crippen LogP contribution in [0.2, 0.25) is 4.34 Å². The van der Waals surface area contributed by atoms with Gasteiger partial charge in [-0.2, -0.15) is 4.31 Å². The molecule has 1 amide bonds. The average Bonchev–Trinajstić information content (AvgIpc) is 2.99. The monoisotopic (exact) mass is 417 g/mol. The number of amides is 1. The maximum absolute atomic E-state index is 12.5. The van der Waals surface area contributed by atoms with Crippen molar-refractivity contribution in [2.75, 3.05) is 39.8 Å². The number of hydrogen-bond donors (Lipinski definition) is 1. The largest absolute Gasteiger partial charge is 0.380 e. The molecule has 11 heteroatoms. The molecule has 1 unspecified atom stereocenters. The molecule has 1 saturated heterocycles. The van der Waals surface area contributed by atoms with Gasteiger partial charge in [0.25, 0.3) is 10.0 Å². The van der Waals surface area contributed by atoms with E-state index in [0.29, 0.717) is 17.4 Å². The number of sulfonamides is 1. The van der Waals surface area contributed by atoms with Crippen LogP contribution in [0.15, 0.2) is 16.3 Å². The van der Waals surface area contributed by atoms with E-state index in [1.807, 2.05) is 0 Å². The number of rotatable bonds is 6. The van der Waals surface area contributed by atoms with E-state index in [-0.39, 0.29) is 54.7 Å². The summed E-state index contributed by atoms with van der Waals surface area (Å²) in [5, 5.41) is 0. The molecule has 24 heavy (non-hydrogen) atoms. The van der Waals surface area contributed by atoms with Gasteiger partial charge < -0.3 is 15.4 Å². The van der Waals surface area contributed by atoms with Crippen molar-refractivity contribution in [3.8, 4) is 0 Å². The summed E-state index contributed by atoms with van der Waals surface area (Å²) in [4.78, 5) is 13.8. The maximum atomic E-state index is 12.5. The first kappa shape index (κ1) is 21.6. The number of nitrogens with zero attached hydrogens (tertiary/aromatic N) is 2. The van der Waals surface area contributed by atoms with E-state index < -0.39 is 10.0 Å². The molecule has 1 aromatic heterocycles. The van der Waals surface area contributed by atoms with E-state index in [2.05, 4.69) is 0 Å². The van der Waals surface area contributed by atoms with Crippen molar-refractivity contribution in [1.29, 1.82) is 0 Å². The van der Waals surface area contributed by atoms with Gasteiger partial charge in [-0.25, -0.2) is 8.42 Å². The summed E-state index contributed by atoms with van der Waals surface area (Å²) in [6.45, 7) is 1.53. The van der Waals surface area contributed by atoms with Gasteiger partial charge >= 0.3 is 0 Å². The summed E-state index contributed by atoms with van der Waals surface area (Å²) >= 11 is 6.84. The molecule has 2 heterocycles. The van der Waals surface area contributed by atoms with E-state index >= 15 is 0 Å². The minimum Gasteiger partial charge on any atom is -0.380 e. The lowest BCUT2D eigenvalue weighted by molar-refractivity contribution is -0.134. The molecular formula is C13H21Cl2N3O4S2. The van der Waals surface area contributed by atoms with Crippen LogP contribution in [0.4, 0.5) is 0 Å². The number of carbonyl (C=O) groups is 1. The van der Waals surface area contributed by atoms with Gasteiger partial charge in [-0.15, -0.1) is 23.7 Å². The summed E-state index contributed by atoms with van der Waals surface area (Å²) in [6.07, 6.45) is -0.0992. The van der Waals surface area contributed by atoms with Crippen molar-refractivity contribution >= 4 is 51.3 Å². The molecule has 1 aliphatic rings. The quantitative estimate of drug-likeness (QED) is 0.745. The fourth-order valence-corrected chi connectivity index (χ4v) is 5.39. The molecule has 1 aliphatic heterocycles. The highest BCUT2D eigenvalue weighted by Crippen LogP contribution is 2.28. The zero-order chi connectivity index (χ0) is 17.0. The van der Waals surface area contributed by atoms with Crippen LogP contribution in [0.3, 0.4) is 0 Å². The Bertz CT molecular complexity index is 641. The van der Waals surface area contributed by atoms with Crippen molar-refractivity contribution in [3.05, 3.63) is 16.5 Å². The molecule has 0 spiro atoms. The lowest BCUT2D eigenvalue weighted by Gasteiger charge is -2.34. The van der Waals surface area contributed by atoms with Crippen LogP contribution in [-0.2, 0) is 19.6 Å². The predicted molar refractivity (Wildman–Crippen MR) is 96.4 cm³/mol. The van der Waals surface area contributed by atoms with Gasteiger partial charge in [-0.3, -0.25) is 4.79 Å². The summed E-state index contributed by atoms with van der Waals surface area (Å²) < 4.78 is 32.1. The summed E-state index contributed by atoms with van der Waals surface area (Å²) in [5.74, 6) is -0.0708. The van der Waals surface area contributed by atoms with Crippen molar-refractivity contribution < 1.29 is 17.9 Å². The zero-order valence-electron chi connectivity index (χ0n) is 13.2. The average molecular weight is 418 g/mol. The Morgan fingerprint density at radius 2 is 2.00 bits per heavy atom. The molecule has 1 aromatic rings. The Kier molecular flexibility index (Phi) is 8.40. The first-order chi connectivity index (χ1) is 10.9. The van der Waals surface area contributed by atoms with E-state index in [4.69, 9.17) is 22.1 Å². The molecular weight excluding hydrogens is 397 g/mol. The number of halogens is 2. The van der Waals surface area contributed by atoms with Gasteiger partial charge in [0, 0.05) is 39.8 Å². The second-order valence-electron chi connectivity index (χ2n) is 5.14. The highest BCUT2D eigenvalue weighted by atomic mass is 35.5. The Morgan fingerprint density at radius 1 is 1.38 bits per heavy atom. The molecule has 1 fully saturated rings. The SMILES string of the molecule is COC(CN)CC(=O)N1CCN(S(=O)(=O)c2ccc(Cl)s2)CC1.Cl. The second kappa shape index (κ2) is 9.33. The fraction of sp³-hybridized carbons (Fsp3) is 0.615. The molecule has 2 rings (SSSR count). The summed E-state index contributed by atoms with van der Waals surface area (Å²) in [5.41, 5.74) is 5.51. The molecule has 0 bridgehead atoms. The number of hydrogen-bond acceptors (Lipinski definition) is 6. The van der Waals surface area contributed by atoms with Gasteiger partial charge in [0.15, 0.2) is 0 Å². The molecule has 2 N–H and O–H groups in total. The van der Waals surface area contributed by atoms with Gasteiger partial charge in [-0.05, 0) is 12.1 Å². The summed E-state index contributed by atoms with van der Waals surface area (Å²) in [7, 11) is -2.02. The van der Waals surface area contributed by atoms with Gasteiger partial charge in [0.1, 0.15) is 4.21 Å². The standard InChI is InChI=1S/C13H20ClN3O4S2.ClH/c1-21-10(9-15)8-12(18)16-4-6-17(7-5-16)23(19,20)13-3-2-11(14)22-13;/h2-3,10H,4-9,15H2,1H3;1H. The number of ether oxygens (including phenoxy) is 1. The van der Waals surface area contributed by atoms with Gasteiger partial charge in [0.05, 0.1) is 16.9 Å². The number of carbonyl (C=O) groups excluding carboxylic acids is 1. The Balaban J connectivity index is 0.00000288. The highest BCUT2D eigenvalue weighted by Gasteiger charge is 2.31. The van der Waals surface area contributed by atoms with Crippen LogP contribution in [0.5, 0.6) is 0 Å². The van der Waals surface area contributed by atoms with Crippen molar-refractivity contribution in [2.45, 2.75) is 16.7 Å². The van der Waals surface area contributed by atoms with Crippen LogP contribution in [0.1, 0.15) is 6.42 Å². The van der Waals surface area contributed by atoms with E-state index in [0.717, 1.165) is 11.3 Å². The fourth-order valence-electron chi connectivity index (χ4n) is 2.33. The third kappa shape index (κ3) is 5.04. The van der Waals surface area contributed by atoms with Crippen molar-refractivity contribution in [3.63, 3.8) is 0 Å². The minimum atomic E-state index is -3.54. The maximum Gasteiger partial charge on any atom is 0.252 e. The van der Waals surface area contributed by atoms with Crippen LogP contribution >= 0.6 is 35.3 Å². The van der Waals surface area contributed by atoms with Crippen LogP contribution in [-0.4, -0.2) is 69.5 Å². The lowest BCUT2D eigenvalue weighted by atomic mass is 10.2. The van der Waals surface area contributed by atoms with E-state index in [9.17, 15) is 13.2 Å². The van der Waals surface area contributed by atoms with Gasteiger partial charge in [-0.1, -0.05) is 11.6 Å². The molecule has 0 aliphatic carbocycles. The minimum absolute atomic E-state index is 0. The highest BCUT2D eigenvalue weighted by molar-refractivity contribution is 7.91. The Hall–Kier alpha value is -0.420. The topological polar surface area (TPSA) is 92.9 Å². The van der Waals surface area contributed by atoms with Crippen molar-refractivity contribution in [2.24, 2.45) is 5.73 Å². The normalized spacial score (nSPS) is 17.4. The first-order valence-corrected chi connectivity index (χ1v) is 9.78. The molecule has 1 atom stereocenters. The first-order valence-electron chi connectivity index (χ1n) is 7.14. The molecule has 0 saturated carbocycles. The van der Waals surface area contributed by atoms with Gasteiger partial charge in [0.2, 0.25) is 5.91 Å². The number of nitrogens with two attached hydrogens (primary N) is 1. The smallest absolute Gasteiger partial charge is 0.252 e. The Morgan fingerprint density at radius 3 is 2.46 bits per heavy atom. The van der Waals surface area contributed by atoms with Crippen LogP contribution in [0, 0.1) is 0 Å². The van der Waals surface area contributed by atoms with Crippen LogP contribution in [0.25, 0.3) is 0 Å². The van der Waals surface area contributed by atoms with E-state index in [1.165, 1.54) is 17.5 Å². The second-order valence-corrected chi connectivity index (χ2v) is 9.02. The third-order valence-electron chi connectivity index (χ3n) is 3.73. The molecule has 138 valence electrons.